The van der Waals surface area contributed by atoms with E-state index < -0.39 is 11.9 Å². The molecule has 0 fully saturated rings. The lowest BCUT2D eigenvalue weighted by Gasteiger charge is -2.29. The highest BCUT2D eigenvalue weighted by Crippen LogP contribution is 2.36. The first-order valence-corrected chi connectivity index (χ1v) is 7.28. The maximum Gasteiger partial charge on any atom is 0.170 e. The summed E-state index contributed by atoms with van der Waals surface area (Å²) in [4.78, 5) is 0. The van der Waals surface area contributed by atoms with E-state index in [0.717, 1.165) is 19.3 Å². The van der Waals surface area contributed by atoms with Gasteiger partial charge in [-0.1, -0.05) is 36.4 Å². The summed E-state index contributed by atoms with van der Waals surface area (Å²) >= 11 is 0. The minimum Gasteiger partial charge on any atom is -0.494 e. The third kappa shape index (κ3) is 2.66. The molecule has 2 aromatic carbocycles. The molecule has 1 aliphatic rings. The quantitative estimate of drug-likeness (QED) is 0.932. The molecule has 0 heterocycles. The van der Waals surface area contributed by atoms with E-state index >= 15 is 0 Å². The Balaban J connectivity index is 1.85. The highest BCUT2D eigenvalue weighted by molar-refractivity contribution is 5.34. The van der Waals surface area contributed by atoms with Crippen molar-refractivity contribution in [3.05, 3.63) is 65.0 Å². The third-order valence-electron chi connectivity index (χ3n) is 4.36. The summed E-state index contributed by atoms with van der Waals surface area (Å²) in [6, 6.07) is 13.2. The Morgan fingerprint density at radius 2 is 1.90 bits per heavy atom. The number of rotatable bonds is 3. The van der Waals surface area contributed by atoms with Gasteiger partial charge in [0.1, 0.15) is 0 Å². The summed E-state index contributed by atoms with van der Waals surface area (Å²) in [7, 11) is 1.44. The van der Waals surface area contributed by atoms with Gasteiger partial charge in [0.15, 0.2) is 11.6 Å². The molecule has 0 saturated carbocycles. The van der Waals surface area contributed by atoms with E-state index in [-0.39, 0.29) is 11.7 Å². The molecule has 2 nitrogen and oxygen atoms in total. The molecule has 0 aromatic heterocycles. The topological polar surface area (TPSA) is 29.5 Å². The number of aliphatic hydroxyl groups excluding tert-OH is 1. The van der Waals surface area contributed by atoms with Crippen LogP contribution in [0, 0.1) is 11.7 Å². The molecular weight excluding hydrogens is 267 g/mol. The van der Waals surface area contributed by atoms with Crippen LogP contribution < -0.4 is 4.74 Å². The monoisotopic (exact) mass is 286 g/mol. The van der Waals surface area contributed by atoms with Crippen LogP contribution >= 0.6 is 0 Å². The van der Waals surface area contributed by atoms with Gasteiger partial charge in [-0.25, -0.2) is 4.39 Å². The lowest BCUT2D eigenvalue weighted by Crippen LogP contribution is -2.22. The first-order valence-electron chi connectivity index (χ1n) is 7.28. The molecular formula is C18H19FO2. The number of hydrogen-bond donors (Lipinski definition) is 1. The molecule has 1 N–H and O–H groups in total. The molecule has 21 heavy (non-hydrogen) atoms. The summed E-state index contributed by atoms with van der Waals surface area (Å²) in [5.41, 5.74) is 2.93. The van der Waals surface area contributed by atoms with Crippen molar-refractivity contribution in [2.75, 3.05) is 7.11 Å². The number of fused-ring (bicyclic) bond motifs is 1. The van der Waals surface area contributed by atoms with Crippen molar-refractivity contribution in [1.82, 2.24) is 0 Å². The zero-order valence-electron chi connectivity index (χ0n) is 12.1. The van der Waals surface area contributed by atoms with Crippen molar-refractivity contribution in [2.45, 2.75) is 25.4 Å². The summed E-state index contributed by atoms with van der Waals surface area (Å²) in [6.45, 7) is 0. The van der Waals surface area contributed by atoms with Crippen LogP contribution in [-0.4, -0.2) is 12.2 Å². The van der Waals surface area contributed by atoms with Crippen molar-refractivity contribution in [2.24, 2.45) is 5.92 Å². The van der Waals surface area contributed by atoms with E-state index in [1.54, 1.807) is 18.2 Å². The van der Waals surface area contributed by atoms with Crippen LogP contribution in [0.3, 0.4) is 0 Å². The van der Waals surface area contributed by atoms with E-state index in [1.165, 1.54) is 18.2 Å². The minimum absolute atomic E-state index is 0.0431. The second kappa shape index (κ2) is 5.86. The molecule has 1 aliphatic carbocycles. The van der Waals surface area contributed by atoms with Crippen LogP contribution in [0.4, 0.5) is 4.39 Å². The number of hydrogen-bond acceptors (Lipinski definition) is 2. The van der Waals surface area contributed by atoms with Crippen LogP contribution in [0.5, 0.6) is 5.75 Å². The Bertz CT molecular complexity index is 639. The number of aliphatic hydroxyl groups is 1. The van der Waals surface area contributed by atoms with Gasteiger partial charge in [0.05, 0.1) is 13.2 Å². The number of methoxy groups -OCH3 is 1. The largest absolute Gasteiger partial charge is 0.494 e. The fraction of sp³-hybridized carbons (Fsp3) is 0.333. The molecule has 0 aliphatic heterocycles. The maximum atomic E-state index is 14.3. The van der Waals surface area contributed by atoms with Crippen LogP contribution in [0.2, 0.25) is 0 Å². The van der Waals surface area contributed by atoms with Crippen molar-refractivity contribution < 1.29 is 14.2 Å². The molecule has 2 atom stereocenters. The van der Waals surface area contributed by atoms with Crippen molar-refractivity contribution in [3.63, 3.8) is 0 Å². The van der Waals surface area contributed by atoms with Crippen molar-refractivity contribution in [3.8, 4) is 5.75 Å². The molecule has 0 saturated heterocycles. The fourth-order valence-corrected chi connectivity index (χ4v) is 3.16. The standard InChI is InChI=1S/C18H19FO2/c1-21-16-8-4-7-15(17(16)19)18(20)14-10-9-12-5-2-3-6-13(12)11-14/h2-8,14,18,20H,9-11H2,1H3. The first-order chi connectivity index (χ1) is 10.2. The van der Waals surface area contributed by atoms with Crippen LogP contribution in [0.15, 0.2) is 42.5 Å². The fourth-order valence-electron chi connectivity index (χ4n) is 3.16. The normalized spacial score (nSPS) is 18.9. The second-order valence-electron chi connectivity index (χ2n) is 5.58. The molecule has 110 valence electrons. The summed E-state index contributed by atoms with van der Waals surface area (Å²) in [6.07, 6.45) is 1.79. The van der Waals surface area contributed by atoms with Gasteiger partial charge in [-0.15, -0.1) is 0 Å². The Morgan fingerprint density at radius 1 is 1.14 bits per heavy atom. The zero-order valence-corrected chi connectivity index (χ0v) is 12.1. The molecule has 0 bridgehead atoms. The summed E-state index contributed by atoms with van der Waals surface area (Å²) in [5, 5.41) is 10.6. The SMILES string of the molecule is COc1cccc(C(O)C2CCc3ccccc3C2)c1F. The van der Waals surface area contributed by atoms with E-state index in [4.69, 9.17) is 4.74 Å². The molecule has 0 spiro atoms. The van der Waals surface area contributed by atoms with Gasteiger partial charge in [0, 0.05) is 5.56 Å². The first kappa shape index (κ1) is 14.1. The van der Waals surface area contributed by atoms with Crippen molar-refractivity contribution >= 4 is 0 Å². The van der Waals surface area contributed by atoms with Gasteiger partial charge in [-0.2, -0.15) is 0 Å². The number of ether oxygens (including phenoxy) is 1. The Morgan fingerprint density at radius 3 is 2.67 bits per heavy atom. The number of aryl methyl sites for hydroxylation is 1. The van der Waals surface area contributed by atoms with Crippen LogP contribution in [0.25, 0.3) is 0 Å². The van der Waals surface area contributed by atoms with Crippen LogP contribution in [-0.2, 0) is 12.8 Å². The maximum absolute atomic E-state index is 14.3. The lowest BCUT2D eigenvalue weighted by molar-refractivity contribution is 0.0954. The number of halogens is 1. The summed E-state index contributed by atoms with van der Waals surface area (Å²) in [5.74, 6) is -0.226. The Kier molecular flexibility index (Phi) is 3.93. The van der Waals surface area contributed by atoms with Gasteiger partial charge < -0.3 is 9.84 Å². The average molecular weight is 286 g/mol. The Hall–Kier alpha value is -1.87. The van der Waals surface area contributed by atoms with E-state index in [9.17, 15) is 9.50 Å². The minimum atomic E-state index is -0.798. The Labute approximate surface area is 124 Å². The van der Waals surface area contributed by atoms with Gasteiger partial charge in [0.25, 0.3) is 0 Å². The summed E-state index contributed by atoms with van der Waals surface area (Å²) < 4.78 is 19.3. The molecule has 3 rings (SSSR count). The van der Waals surface area contributed by atoms with Gasteiger partial charge in [-0.05, 0) is 42.4 Å². The molecule has 0 radical (unpaired) electrons. The van der Waals surface area contributed by atoms with Gasteiger partial charge in [0.2, 0.25) is 0 Å². The van der Waals surface area contributed by atoms with E-state index in [0.29, 0.717) is 5.56 Å². The van der Waals surface area contributed by atoms with E-state index in [1.807, 2.05) is 12.1 Å². The molecule has 2 aromatic rings. The van der Waals surface area contributed by atoms with Gasteiger partial charge >= 0.3 is 0 Å². The van der Waals surface area contributed by atoms with E-state index in [2.05, 4.69) is 12.1 Å². The van der Waals surface area contributed by atoms with Crippen molar-refractivity contribution in [1.29, 1.82) is 0 Å². The smallest absolute Gasteiger partial charge is 0.170 e. The third-order valence-corrected chi connectivity index (χ3v) is 4.36. The van der Waals surface area contributed by atoms with Gasteiger partial charge in [-0.3, -0.25) is 0 Å². The predicted octanol–water partition coefficient (Wildman–Crippen LogP) is 3.67. The lowest BCUT2D eigenvalue weighted by atomic mass is 9.79. The number of benzene rings is 2. The molecule has 0 amide bonds. The van der Waals surface area contributed by atoms with Crippen LogP contribution in [0.1, 0.15) is 29.2 Å². The zero-order chi connectivity index (χ0) is 14.8. The average Bonchev–Trinajstić information content (AvgIpc) is 2.54. The highest BCUT2D eigenvalue weighted by Gasteiger charge is 2.28. The molecule has 3 heteroatoms. The second-order valence-corrected chi connectivity index (χ2v) is 5.58. The predicted molar refractivity (Wildman–Crippen MR) is 79.9 cm³/mol. The molecule has 2 unspecified atom stereocenters. The highest BCUT2D eigenvalue weighted by atomic mass is 19.1.